The number of rotatable bonds is 2. The third-order valence-electron chi connectivity index (χ3n) is 4.88. The summed E-state index contributed by atoms with van der Waals surface area (Å²) >= 11 is 6.28. The first-order chi connectivity index (χ1) is 15.3. The van der Waals surface area contributed by atoms with Gasteiger partial charge in [-0.15, -0.1) is 0 Å². The lowest BCUT2D eigenvalue weighted by molar-refractivity contribution is -0.141. The second kappa shape index (κ2) is 7.49. The highest BCUT2D eigenvalue weighted by Crippen LogP contribution is 2.34. The van der Waals surface area contributed by atoms with Crippen molar-refractivity contribution in [2.45, 2.75) is 6.18 Å². The first kappa shape index (κ1) is 20.3. The highest BCUT2D eigenvalue weighted by Gasteiger charge is 2.33. The van der Waals surface area contributed by atoms with E-state index in [1.807, 2.05) is 0 Å². The normalized spacial score (nSPS) is 13.9. The van der Waals surface area contributed by atoms with Crippen LogP contribution in [-0.2, 0) is 6.18 Å². The van der Waals surface area contributed by atoms with Crippen LogP contribution in [0.3, 0.4) is 0 Å². The predicted octanol–water partition coefficient (Wildman–Crippen LogP) is 4.28. The van der Waals surface area contributed by atoms with E-state index in [2.05, 4.69) is 20.3 Å². The molecule has 32 heavy (non-hydrogen) atoms. The Morgan fingerprint density at radius 2 is 1.88 bits per heavy atom. The third kappa shape index (κ3) is 3.42. The molecule has 0 spiro atoms. The average Bonchev–Trinajstić information content (AvgIpc) is 3.05. The second-order valence-corrected chi connectivity index (χ2v) is 7.28. The number of aromatic nitrogens is 4. The Labute approximate surface area is 183 Å². The molecular formula is C21H13ClF3N5O2. The summed E-state index contributed by atoms with van der Waals surface area (Å²) in [5.41, 5.74) is -0.0778. The second-order valence-electron chi connectivity index (χ2n) is 6.93. The monoisotopic (exact) mass is 459 g/mol. The van der Waals surface area contributed by atoms with E-state index in [1.165, 1.54) is 16.7 Å². The summed E-state index contributed by atoms with van der Waals surface area (Å²) in [6.07, 6.45) is -4.61. The summed E-state index contributed by atoms with van der Waals surface area (Å²) in [4.78, 5) is 24.7. The highest BCUT2D eigenvalue weighted by atomic mass is 35.5. The van der Waals surface area contributed by atoms with Gasteiger partial charge in [0.1, 0.15) is 28.8 Å². The van der Waals surface area contributed by atoms with Gasteiger partial charge < -0.3 is 10.1 Å². The SMILES string of the molecule is O=C1NCCOc2nc(-c3cc4ccccc4n3-c3cccc(C(F)(F)F)n3)nc(Cl)c21. The zero-order valence-corrected chi connectivity index (χ0v) is 16.9. The molecule has 1 amide bonds. The lowest BCUT2D eigenvalue weighted by atomic mass is 10.2. The van der Waals surface area contributed by atoms with E-state index in [1.54, 1.807) is 30.3 Å². The molecule has 0 bridgehead atoms. The molecule has 4 heterocycles. The van der Waals surface area contributed by atoms with Crippen LogP contribution < -0.4 is 10.1 Å². The Kier molecular flexibility index (Phi) is 4.74. The van der Waals surface area contributed by atoms with Crippen molar-refractivity contribution in [1.29, 1.82) is 0 Å². The number of benzene rings is 1. The summed E-state index contributed by atoms with van der Waals surface area (Å²) in [7, 11) is 0. The Balaban J connectivity index is 1.76. The molecule has 1 aliphatic heterocycles. The molecule has 162 valence electrons. The Hall–Kier alpha value is -3.66. The van der Waals surface area contributed by atoms with Gasteiger partial charge in [0.05, 0.1) is 17.8 Å². The van der Waals surface area contributed by atoms with E-state index in [0.717, 1.165) is 11.5 Å². The van der Waals surface area contributed by atoms with E-state index in [0.29, 0.717) is 11.2 Å². The number of amides is 1. The third-order valence-corrected chi connectivity index (χ3v) is 5.15. The molecule has 1 N–H and O–H groups in total. The van der Waals surface area contributed by atoms with Crippen LogP contribution in [0.25, 0.3) is 28.2 Å². The Morgan fingerprint density at radius 1 is 1.06 bits per heavy atom. The number of alkyl halides is 3. The number of ether oxygens (including phenoxy) is 1. The smallest absolute Gasteiger partial charge is 0.433 e. The van der Waals surface area contributed by atoms with Crippen molar-refractivity contribution in [2.75, 3.05) is 13.2 Å². The minimum atomic E-state index is -4.61. The van der Waals surface area contributed by atoms with E-state index < -0.39 is 17.8 Å². The van der Waals surface area contributed by atoms with Crippen molar-refractivity contribution in [2.24, 2.45) is 0 Å². The zero-order chi connectivity index (χ0) is 22.5. The van der Waals surface area contributed by atoms with Gasteiger partial charge in [-0.05, 0) is 24.3 Å². The van der Waals surface area contributed by atoms with E-state index in [-0.39, 0.29) is 41.4 Å². The average molecular weight is 460 g/mol. The molecule has 0 aliphatic carbocycles. The number of nitrogens with one attached hydrogen (secondary N) is 1. The van der Waals surface area contributed by atoms with Crippen molar-refractivity contribution < 1.29 is 22.7 Å². The molecular weight excluding hydrogens is 447 g/mol. The topological polar surface area (TPSA) is 81.9 Å². The maximum atomic E-state index is 13.3. The minimum absolute atomic E-state index is 0.00353. The van der Waals surface area contributed by atoms with Gasteiger partial charge in [-0.25, -0.2) is 9.97 Å². The lowest BCUT2D eigenvalue weighted by Crippen LogP contribution is -2.24. The van der Waals surface area contributed by atoms with Gasteiger partial charge in [-0.3, -0.25) is 9.36 Å². The number of para-hydroxylation sites is 1. The largest absolute Gasteiger partial charge is 0.475 e. The standard InChI is InChI=1S/C21H13ClF3N5O2/c22-17-16-19(31)26-8-9-32-20(16)29-18(28-17)13-10-11-4-1-2-5-12(11)30(13)15-7-3-6-14(27-15)21(23,24)25/h1-7,10H,8-9H2,(H,26,31). The number of carbonyl (C=O) groups excluding carboxylic acids is 1. The van der Waals surface area contributed by atoms with Gasteiger partial charge in [-0.1, -0.05) is 35.9 Å². The first-order valence-electron chi connectivity index (χ1n) is 9.47. The summed E-state index contributed by atoms with van der Waals surface area (Å²) in [5, 5.41) is 3.23. The Morgan fingerprint density at radius 3 is 2.69 bits per heavy atom. The van der Waals surface area contributed by atoms with Gasteiger partial charge in [0.15, 0.2) is 5.82 Å². The summed E-state index contributed by atoms with van der Waals surface area (Å²) in [5.74, 6) is -0.346. The van der Waals surface area contributed by atoms with Gasteiger partial charge in [0.25, 0.3) is 5.91 Å². The van der Waals surface area contributed by atoms with Crippen molar-refractivity contribution in [1.82, 2.24) is 24.8 Å². The summed E-state index contributed by atoms with van der Waals surface area (Å²) < 4.78 is 47.0. The van der Waals surface area contributed by atoms with Crippen molar-refractivity contribution in [3.63, 3.8) is 0 Å². The number of hydrogen-bond acceptors (Lipinski definition) is 5. The number of carbonyl (C=O) groups is 1. The van der Waals surface area contributed by atoms with Gasteiger partial charge in [0.2, 0.25) is 5.88 Å². The molecule has 7 nitrogen and oxygen atoms in total. The highest BCUT2D eigenvalue weighted by molar-refractivity contribution is 6.33. The molecule has 0 radical (unpaired) electrons. The van der Waals surface area contributed by atoms with Crippen LogP contribution in [0.1, 0.15) is 16.1 Å². The maximum absolute atomic E-state index is 13.3. The van der Waals surface area contributed by atoms with Gasteiger partial charge >= 0.3 is 6.18 Å². The molecule has 0 atom stereocenters. The van der Waals surface area contributed by atoms with Gasteiger partial charge in [-0.2, -0.15) is 18.2 Å². The minimum Gasteiger partial charge on any atom is -0.475 e. The fourth-order valence-corrected chi connectivity index (χ4v) is 3.74. The van der Waals surface area contributed by atoms with Crippen molar-refractivity contribution in [3.8, 4) is 23.2 Å². The summed E-state index contributed by atoms with van der Waals surface area (Å²) in [6, 6.07) is 12.5. The van der Waals surface area contributed by atoms with Crippen LogP contribution in [-0.4, -0.2) is 38.6 Å². The van der Waals surface area contributed by atoms with Crippen molar-refractivity contribution >= 4 is 28.4 Å². The van der Waals surface area contributed by atoms with Crippen LogP contribution in [0.5, 0.6) is 5.88 Å². The zero-order valence-electron chi connectivity index (χ0n) is 16.2. The summed E-state index contributed by atoms with van der Waals surface area (Å²) in [6.45, 7) is 0.457. The molecule has 11 heteroatoms. The molecule has 1 aromatic carbocycles. The van der Waals surface area contributed by atoms with Crippen LogP contribution in [0.15, 0.2) is 48.5 Å². The Bertz CT molecular complexity index is 1370. The molecule has 5 rings (SSSR count). The van der Waals surface area contributed by atoms with Gasteiger partial charge in [0, 0.05) is 5.39 Å². The molecule has 1 aliphatic rings. The van der Waals surface area contributed by atoms with Crippen LogP contribution in [0.2, 0.25) is 5.15 Å². The quantitative estimate of drug-likeness (QED) is 0.452. The van der Waals surface area contributed by atoms with Crippen LogP contribution >= 0.6 is 11.6 Å². The number of halogens is 4. The molecule has 4 aromatic rings. The fraction of sp³-hybridized carbons (Fsp3) is 0.143. The van der Waals surface area contributed by atoms with E-state index in [9.17, 15) is 18.0 Å². The molecule has 3 aromatic heterocycles. The number of hydrogen-bond donors (Lipinski definition) is 1. The van der Waals surface area contributed by atoms with E-state index >= 15 is 0 Å². The first-order valence-corrected chi connectivity index (χ1v) is 9.85. The number of fused-ring (bicyclic) bond motifs is 2. The lowest BCUT2D eigenvalue weighted by Gasteiger charge is -2.13. The predicted molar refractivity (Wildman–Crippen MR) is 110 cm³/mol. The fourth-order valence-electron chi connectivity index (χ4n) is 3.50. The molecule has 0 saturated heterocycles. The molecule has 0 saturated carbocycles. The van der Waals surface area contributed by atoms with Crippen molar-refractivity contribution in [3.05, 3.63) is 64.9 Å². The van der Waals surface area contributed by atoms with Crippen LogP contribution in [0, 0.1) is 0 Å². The van der Waals surface area contributed by atoms with E-state index in [4.69, 9.17) is 16.3 Å². The maximum Gasteiger partial charge on any atom is 0.433 e. The molecule has 0 unspecified atom stereocenters. The number of pyridine rings is 1. The molecule has 0 fully saturated rings. The number of nitrogens with zero attached hydrogens (tertiary/aromatic N) is 4. The van der Waals surface area contributed by atoms with Crippen LogP contribution in [0.4, 0.5) is 13.2 Å².